The van der Waals surface area contributed by atoms with E-state index in [2.05, 4.69) is 12.2 Å². The van der Waals surface area contributed by atoms with Gasteiger partial charge in [0, 0.05) is 18.0 Å². The molecule has 0 aromatic rings. The van der Waals surface area contributed by atoms with Gasteiger partial charge in [-0.25, -0.2) is 0 Å². The molecule has 2 saturated carbocycles. The lowest BCUT2D eigenvalue weighted by Gasteiger charge is -2.38. The summed E-state index contributed by atoms with van der Waals surface area (Å²) >= 11 is 0. The highest BCUT2D eigenvalue weighted by Crippen LogP contribution is 2.32. The molecule has 0 atom stereocenters. The van der Waals surface area contributed by atoms with Gasteiger partial charge in [0.05, 0.1) is 0 Å². The molecule has 3 heteroatoms. The molecule has 0 spiro atoms. The third kappa shape index (κ3) is 3.44. The number of carbonyl (C=O) groups is 1. The van der Waals surface area contributed by atoms with Gasteiger partial charge in [0.2, 0.25) is 5.91 Å². The average molecular weight is 238 g/mol. The second-order valence-corrected chi connectivity index (χ2v) is 6.09. The predicted molar refractivity (Wildman–Crippen MR) is 69.6 cm³/mol. The fourth-order valence-corrected chi connectivity index (χ4v) is 3.12. The predicted octanol–water partition coefficient (Wildman–Crippen LogP) is 2.34. The van der Waals surface area contributed by atoms with E-state index in [4.69, 9.17) is 5.73 Å². The van der Waals surface area contributed by atoms with Gasteiger partial charge in [-0.15, -0.1) is 0 Å². The Bertz CT molecular complexity index is 265. The molecule has 0 aliphatic heterocycles. The van der Waals surface area contributed by atoms with Gasteiger partial charge in [-0.1, -0.05) is 13.3 Å². The van der Waals surface area contributed by atoms with Crippen LogP contribution in [0.1, 0.15) is 64.7 Å². The number of amides is 1. The molecule has 2 aliphatic carbocycles. The molecule has 0 heterocycles. The summed E-state index contributed by atoms with van der Waals surface area (Å²) in [5, 5.41) is 3.17. The second kappa shape index (κ2) is 5.38. The van der Waals surface area contributed by atoms with E-state index in [0.29, 0.717) is 12.5 Å². The number of rotatable bonds is 4. The van der Waals surface area contributed by atoms with E-state index in [1.165, 1.54) is 25.7 Å². The molecule has 0 aromatic carbocycles. The molecule has 2 rings (SSSR count). The third-order valence-electron chi connectivity index (χ3n) is 4.65. The Balaban J connectivity index is 1.69. The summed E-state index contributed by atoms with van der Waals surface area (Å²) in [7, 11) is 0. The van der Waals surface area contributed by atoms with Crippen molar-refractivity contribution in [1.29, 1.82) is 0 Å². The Morgan fingerprint density at radius 3 is 2.41 bits per heavy atom. The molecule has 3 N–H and O–H groups in total. The van der Waals surface area contributed by atoms with Crippen molar-refractivity contribution in [3.8, 4) is 0 Å². The van der Waals surface area contributed by atoms with Crippen LogP contribution in [0.4, 0.5) is 0 Å². The van der Waals surface area contributed by atoms with Crippen molar-refractivity contribution in [3.05, 3.63) is 0 Å². The third-order valence-corrected chi connectivity index (χ3v) is 4.65. The Hall–Kier alpha value is -0.570. The first kappa shape index (κ1) is 12.9. The Morgan fingerprint density at radius 2 is 1.94 bits per heavy atom. The van der Waals surface area contributed by atoms with Crippen LogP contribution >= 0.6 is 0 Å². The van der Waals surface area contributed by atoms with Crippen LogP contribution < -0.4 is 11.1 Å². The zero-order valence-electron chi connectivity index (χ0n) is 11.0. The lowest BCUT2D eigenvalue weighted by atomic mass is 9.75. The first-order valence-corrected chi connectivity index (χ1v) is 7.19. The van der Waals surface area contributed by atoms with Crippen molar-refractivity contribution in [1.82, 2.24) is 5.32 Å². The highest BCUT2D eigenvalue weighted by molar-refractivity contribution is 5.77. The number of hydrogen-bond acceptors (Lipinski definition) is 2. The van der Waals surface area contributed by atoms with Gasteiger partial charge in [-0.2, -0.15) is 0 Å². The lowest BCUT2D eigenvalue weighted by Crippen LogP contribution is -2.51. The van der Waals surface area contributed by atoms with Crippen LogP contribution in [0.5, 0.6) is 0 Å². The zero-order valence-corrected chi connectivity index (χ0v) is 11.0. The standard InChI is InChI=1S/C14H26N2O/c1-2-11-4-6-12(7-5-11)16-13(17)10-14(15)8-3-9-14/h11-12H,2-10,15H2,1H3,(H,16,17). The lowest BCUT2D eigenvalue weighted by molar-refractivity contribution is -0.124. The maximum absolute atomic E-state index is 11.9. The molecular formula is C14H26N2O. The monoisotopic (exact) mass is 238 g/mol. The highest BCUT2D eigenvalue weighted by atomic mass is 16.1. The number of nitrogens with two attached hydrogens (primary N) is 1. The molecule has 2 fully saturated rings. The van der Waals surface area contributed by atoms with Gasteiger partial charge in [-0.05, 0) is 50.9 Å². The van der Waals surface area contributed by atoms with Crippen molar-refractivity contribution in [2.24, 2.45) is 11.7 Å². The summed E-state index contributed by atoms with van der Waals surface area (Å²) in [6, 6.07) is 0.411. The van der Waals surface area contributed by atoms with Gasteiger partial charge in [0.25, 0.3) is 0 Å². The molecule has 3 nitrogen and oxygen atoms in total. The summed E-state index contributed by atoms with van der Waals surface area (Å²) in [4.78, 5) is 11.9. The summed E-state index contributed by atoms with van der Waals surface area (Å²) < 4.78 is 0. The average Bonchev–Trinajstić information content (AvgIpc) is 2.28. The van der Waals surface area contributed by atoms with Gasteiger partial charge in [-0.3, -0.25) is 4.79 Å². The van der Waals surface area contributed by atoms with Crippen LogP contribution in [-0.2, 0) is 4.79 Å². The van der Waals surface area contributed by atoms with Crippen molar-refractivity contribution in [2.75, 3.05) is 0 Å². The summed E-state index contributed by atoms with van der Waals surface area (Å²) in [5.41, 5.74) is 5.92. The fourth-order valence-electron chi connectivity index (χ4n) is 3.12. The van der Waals surface area contributed by atoms with Gasteiger partial charge in [0.15, 0.2) is 0 Å². The normalized spacial score (nSPS) is 31.6. The molecule has 17 heavy (non-hydrogen) atoms. The van der Waals surface area contributed by atoms with Crippen LogP contribution in [0.15, 0.2) is 0 Å². The minimum absolute atomic E-state index is 0.173. The number of hydrogen-bond donors (Lipinski definition) is 2. The van der Waals surface area contributed by atoms with Crippen molar-refractivity contribution >= 4 is 5.91 Å². The van der Waals surface area contributed by atoms with Gasteiger partial charge < -0.3 is 11.1 Å². The first-order chi connectivity index (χ1) is 8.11. The van der Waals surface area contributed by atoms with E-state index in [0.717, 1.165) is 31.6 Å². The Labute approximate surface area is 105 Å². The van der Waals surface area contributed by atoms with E-state index in [1.807, 2.05) is 0 Å². The smallest absolute Gasteiger partial charge is 0.222 e. The number of carbonyl (C=O) groups excluding carboxylic acids is 1. The molecular weight excluding hydrogens is 212 g/mol. The van der Waals surface area contributed by atoms with E-state index in [1.54, 1.807) is 0 Å². The molecule has 98 valence electrons. The second-order valence-electron chi connectivity index (χ2n) is 6.09. The Kier molecular flexibility index (Phi) is 4.08. The van der Waals surface area contributed by atoms with E-state index < -0.39 is 0 Å². The molecule has 0 saturated heterocycles. The zero-order chi connectivity index (χ0) is 12.3. The van der Waals surface area contributed by atoms with Crippen LogP contribution in [-0.4, -0.2) is 17.5 Å². The minimum Gasteiger partial charge on any atom is -0.353 e. The van der Waals surface area contributed by atoms with Crippen molar-refractivity contribution < 1.29 is 4.79 Å². The van der Waals surface area contributed by atoms with Crippen molar-refractivity contribution in [3.63, 3.8) is 0 Å². The molecule has 0 aromatic heterocycles. The van der Waals surface area contributed by atoms with E-state index in [-0.39, 0.29) is 11.4 Å². The maximum atomic E-state index is 11.9. The molecule has 1 amide bonds. The topological polar surface area (TPSA) is 55.1 Å². The van der Waals surface area contributed by atoms with Gasteiger partial charge >= 0.3 is 0 Å². The maximum Gasteiger partial charge on any atom is 0.222 e. The largest absolute Gasteiger partial charge is 0.353 e. The molecule has 0 bridgehead atoms. The molecule has 2 aliphatic rings. The number of nitrogens with one attached hydrogen (secondary N) is 1. The molecule has 0 unspecified atom stereocenters. The SMILES string of the molecule is CCC1CCC(NC(=O)CC2(N)CCC2)CC1. The van der Waals surface area contributed by atoms with Gasteiger partial charge in [0.1, 0.15) is 0 Å². The Morgan fingerprint density at radius 1 is 1.29 bits per heavy atom. The van der Waals surface area contributed by atoms with E-state index in [9.17, 15) is 4.79 Å². The summed E-state index contributed by atoms with van der Waals surface area (Å²) in [5.74, 6) is 1.06. The first-order valence-electron chi connectivity index (χ1n) is 7.19. The van der Waals surface area contributed by atoms with Crippen LogP contribution in [0.25, 0.3) is 0 Å². The van der Waals surface area contributed by atoms with Crippen LogP contribution in [0.2, 0.25) is 0 Å². The minimum atomic E-state index is -0.176. The quantitative estimate of drug-likeness (QED) is 0.790. The van der Waals surface area contributed by atoms with Crippen LogP contribution in [0.3, 0.4) is 0 Å². The van der Waals surface area contributed by atoms with Crippen molar-refractivity contribution in [2.45, 2.75) is 76.3 Å². The fraction of sp³-hybridized carbons (Fsp3) is 0.929. The summed E-state index contributed by atoms with van der Waals surface area (Å²) in [6.45, 7) is 2.26. The van der Waals surface area contributed by atoms with Crippen LogP contribution in [0, 0.1) is 5.92 Å². The molecule has 0 radical (unpaired) electrons. The summed E-state index contributed by atoms with van der Waals surface area (Å²) in [6.07, 6.45) is 9.89. The van der Waals surface area contributed by atoms with E-state index >= 15 is 0 Å². The highest BCUT2D eigenvalue weighted by Gasteiger charge is 2.35.